The van der Waals surface area contributed by atoms with Crippen molar-refractivity contribution < 1.29 is 0 Å². The van der Waals surface area contributed by atoms with Crippen molar-refractivity contribution in [1.82, 2.24) is 14.5 Å². The number of aryl methyl sites for hydroxylation is 2. The number of imidazole rings is 1. The van der Waals surface area contributed by atoms with Crippen molar-refractivity contribution in [3.63, 3.8) is 0 Å². The van der Waals surface area contributed by atoms with Gasteiger partial charge in [0.2, 0.25) is 0 Å². The van der Waals surface area contributed by atoms with Gasteiger partial charge >= 0.3 is 0 Å². The summed E-state index contributed by atoms with van der Waals surface area (Å²) in [4.78, 5) is 8.50. The summed E-state index contributed by atoms with van der Waals surface area (Å²) >= 11 is 0. The third-order valence-electron chi connectivity index (χ3n) is 2.55. The molecule has 0 amide bonds. The molecule has 16 heavy (non-hydrogen) atoms. The molecule has 4 heteroatoms. The highest BCUT2D eigenvalue weighted by atomic mass is 15.1. The quantitative estimate of drug-likeness (QED) is 0.856. The van der Waals surface area contributed by atoms with Crippen molar-refractivity contribution in [1.29, 1.82) is 0 Å². The van der Waals surface area contributed by atoms with Crippen LogP contribution in [0.25, 0.3) is 11.4 Å². The molecule has 0 spiro atoms. The molecule has 2 rings (SSSR count). The van der Waals surface area contributed by atoms with Crippen LogP contribution in [0, 0.1) is 6.92 Å². The van der Waals surface area contributed by atoms with Crippen molar-refractivity contribution in [3.8, 4) is 11.4 Å². The Bertz CT molecular complexity index is 488. The first-order chi connectivity index (χ1) is 7.72. The van der Waals surface area contributed by atoms with E-state index in [9.17, 15) is 0 Å². The minimum absolute atomic E-state index is 0.551. The zero-order chi connectivity index (χ0) is 11.5. The number of hydrogen-bond acceptors (Lipinski definition) is 3. The molecule has 0 aliphatic carbocycles. The van der Waals surface area contributed by atoms with Gasteiger partial charge in [-0.15, -0.1) is 0 Å². The zero-order valence-electron chi connectivity index (χ0n) is 9.64. The van der Waals surface area contributed by atoms with Crippen LogP contribution >= 0.6 is 0 Å². The van der Waals surface area contributed by atoms with E-state index in [2.05, 4.69) is 21.5 Å². The zero-order valence-corrected chi connectivity index (χ0v) is 9.64. The molecule has 0 bridgehead atoms. The van der Waals surface area contributed by atoms with E-state index in [-0.39, 0.29) is 0 Å². The summed E-state index contributed by atoms with van der Waals surface area (Å²) in [6.45, 7) is 5.15. The lowest BCUT2D eigenvalue weighted by Gasteiger charge is -2.08. The van der Waals surface area contributed by atoms with E-state index in [1.54, 1.807) is 6.20 Å². The molecule has 84 valence electrons. The van der Waals surface area contributed by atoms with E-state index in [4.69, 9.17) is 5.73 Å². The Kier molecular flexibility index (Phi) is 2.90. The Hall–Kier alpha value is -1.84. The van der Waals surface area contributed by atoms with Crippen LogP contribution in [0.2, 0.25) is 0 Å². The van der Waals surface area contributed by atoms with Gasteiger partial charge in [0.05, 0.1) is 0 Å². The fraction of sp³-hybridized carbons (Fsp3) is 0.333. The van der Waals surface area contributed by atoms with Crippen LogP contribution in [-0.4, -0.2) is 14.5 Å². The van der Waals surface area contributed by atoms with E-state index in [1.807, 2.05) is 25.4 Å². The standard InChI is InChI=1S/C12H16N4/c1-3-5-16-6-4-14-12(16)10-8-15-11(13)7-9(10)2/h4,6-8H,3,5H2,1-2H3,(H2,13,15). The summed E-state index contributed by atoms with van der Waals surface area (Å²) in [5.74, 6) is 1.52. The topological polar surface area (TPSA) is 56.7 Å². The molecule has 0 aromatic carbocycles. The number of nitrogens with zero attached hydrogens (tertiary/aromatic N) is 3. The number of nitrogens with two attached hydrogens (primary N) is 1. The van der Waals surface area contributed by atoms with Crippen LogP contribution in [-0.2, 0) is 6.54 Å². The Morgan fingerprint density at radius 1 is 1.38 bits per heavy atom. The summed E-state index contributed by atoms with van der Waals surface area (Å²) in [6.07, 6.45) is 6.69. The lowest BCUT2D eigenvalue weighted by molar-refractivity contribution is 0.685. The SMILES string of the molecule is CCCn1ccnc1-c1cnc(N)cc1C. The van der Waals surface area contributed by atoms with Crippen LogP contribution in [0.1, 0.15) is 18.9 Å². The molecule has 0 radical (unpaired) electrons. The molecule has 0 saturated heterocycles. The van der Waals surface area contributed by atoms with Gasteiger partial charge in [-0.2, -0.15) is 0 Å². The molecule has 0 saturated carbocycles. The summed E-state index contributed by atoms with van der Waals surface area (Å²) in [5, 5.41) is 0. The van der Waals surface area contributed by atoms with E-state index in [0.29, 0.717) is 5.82 Å². The van der Waals surface area contributed by atoms with E-state index in [1.165, 1.54) is 0 Å². The number of nitrogen functional groups attached to an aromatic ring is 1. The van der Waals surface area contributed by atoms with E-state index in [0.717, 1.165) is 29.9 Å². The van der Waals surface area contributed by atoms with Crippen LogP contribution in [0.15, 0.2) is 24.7 Å². The highest BCUT2D eigenvalue weighted by Gasteiger charge is 2.08. The predicted octanol–water partition coefficient (Wildman–Crippen LogP) is 2.25. The smallest absolute Gasteiger partial charge is 0.141 e. The van der Waals surface area contributed by atoms with Gasteiger partial charge in [0.15, 0.2) is 0 Å². The monoisotopic (exact) mass is 216 g/mol. The van der Waals surface area contributed by atoms with Crippen LogP contribution < -0.4 is 5.73 Å². The van der Waals surface area contributed by atoms with Gasteiger partial charge in [-0.25, -0.2) is 9.97 Å². The normalized spacial score (nSPS) is 10.6. The minimum Gasteiger partial charge on any atom is -0.384 e. The highest BCUT2D eigenvalue weighted by Crippen LogP contribution is 2.22. The first kappa shape index (κ1) is 10.7. The molecule has 0 aliphatic heterocycles. The molecular weight excluding hydrogens is 200 g/mol. The molecule has 0 atom stereocenters. The molecular formula is C12H16N4. The summed E-state index contributed by atoms with van der Waals surface area (Å²) in [5.41, 5.74) is 7.80. The maximum atomic E-state index is 5.64. The Morgan fingerprint density at radius 3 is 2.88 bits per heavy atom. The largest absolute Gasteiger partial charge is 0.384 e. The number of pyridine rings is 1. The van der Waals surface area contributed by atoms with Gasteiger partial charge < -0.3 is 10.3 Å². The van der Waals surface area contributed by atoms with Crippen molar-refractivity contribution in [2.24, 2.45) is 0 Å². The Balaban J connectivity index is 2.46. The number of rotatable bonds is 3. The van der Waals surface area contributed by atoms with Crippen molar-refractivity contribution >= 4 is 5.82 Å². The number of hydrogen-bond donors (Lipinski definition) is 1. The van der Waals surface area contributed by atoms with Crippen molar-refractivity contribution in [2.75, 3.05) is 5.73 Å². The summed E-state index contributed by atoms with van der Waals surface area (Å²) < 4.78 is 2.14. The van der Waals surface area contributed by atoms with E-state index >= 15 is 0 Å². The first-order valence-corrected chi connectivity index (χ1v) is 5.46. The fourth-order valence-electron chi connectivity index (χ4n) is 1.79. The van der Waals surface area contributed by atoms with Crippen molar-refractivity contribution in [2.45, 2.75) is 26.8 Å². The second-order valence-electron chi connectivity index (χ2n) is 3.87. The number of aromatic nitrogens is 3. The lowest BCUT2D eigenvalue weighted by atomic mass is 10.1. The van der Waals surface area contributed by atoms with Crippen LogP contribution in [0.5, 0.6) is 0 Å². The molecule has 0 fully saturated rings. The first-order valence-electron chi connectivity index (χ1n) is 5.46. The molecule has 4 nitrogen and oxygen atoms in total. The predicted molar refractivity (Wildman–Crippen MR) is 64.9 cm³/mol. The third kappa shape index (κ3) is 1.91. The average Bonchev–Trinajstić information content (AvgIpc) is 2.67. The molecule has 2 aromatic rings. The second kappa shape index (κ2) is 4.35. The van der Waals surface area contributed by atoms with Gasteiger partial charge in [0.25, 0.3) is 0 Å². The minimum atomic E-state index is 0.551. The second-order valence-corrected chi connectivity index (χ2v) is 3.87. The molecule has 2 heterocycles. The van der Waals surface area contributed by atoms with Gasteiger partial charge in [-0.3, -0.25) is 0 Å². The molecule has 2 aromatic heterocycles. The van der Waals surface area contributed by atoms with Crippen LogP contribution in [0.3, 0.4) is 0 Å². The van der Waals surface area contributed by atoms with Gasteiger partial charge in [0.1, 0.15) is 11.6 Å². The lowest BCUT2D eigenvalue weighted by Crippen LogP contribution is -2.01. The summed E-state index contributed by atoms with van der Waals surface area (Å²) in [6, 6.07) is 1.88. The Morgan fingerprint density at radius 2 is 2.19 bits per heavy atom. The maximum absolute atomic E-state index is 5.64. The average molecular weight is 216 g/mol. The van der Waals surface area contributed by atoms with Crippen LogP contribution in [0.4, 0.5) is 5.82 Å². The fourth-order valence-corrected chi connectivity index (χ4v) is 1.79. The molecule has 2 N–H and O–H groups in total. The van der Waals surface area contributed by atoms with Gasteiger partial charge in [0, 0.05) is 30.7 Å². The third-order valence-corrected chi connectivity index (χ3v) is 2.55. The maximum Gasteiger partial charge on any atom is 0.141 e. The Labute approximate surface area is 95.1 Å². The van der Waals surface area contributed by atoms with Gasteiger partial charge in [-0.1, -0.05) is 6.92 Å². The van der Waals surface area contributed by atoms with Crippen molar-refractivity contribution in [3.05, 3.63) is 30.2 Å². The molecule has 0 aliphatic rings. The highest BCUT2D eigenvalue weighted by molar-refractivity contribution is 5.61. The molecule has 0 unspecified atom stereocenters. The van der Waals surface area contributed by atoms with E-state index < -0.39 is 0 Å². The number of anilines is 1. The van der Waals surface area contributed by atoms with Gasteiger partial charge in [-0.05, 0) is 25.0 Å². The summed E-state index contributed by atoms with van der Waals surface area (Å²) in [7, 11) is 0.